The molecule has 3 aromatic heterocycles. The lowest BCUT2D eigenvalue weighted by Crippen LogP contribution is -2.30. The van der Waals surface area contributed by atoms with Crippen LogP contribution in [0.15, 0.2) is 61.2 Å². The largest absolute Gasteiger partial charge is 0.375 e. The molecule has 1 aliphatic rings. The maximum atomic E-state index is 5.96. The number of hydrogen-bond acceptors (Lipinski definition) is 5. The summed E-state index contributed by atoms with van der Waals surface area (Å²) < 4.78 is 8.07. The Bertz CT molecular complexity index is 805. The van der Waals surface area contributed by atoms with Crippen molar-refractivity contribution in [2.45, 2.75) is 26.2 Å². The standard InChI is InChI=1S/C20H23N5O/c1-2-8-22-19(5-1)16-26-15-18-12-24(11-17-4-3-7-21-10-17)14-20-6-9-23-25(20)13-18/h1-10,18H,11-16H2/t18-/m1/s1. The molecule has 134 valence electrons. The number of nitrogens with zero attached hydrogens (tertiary/aromatic N) is 5. The van der Waals surface area contributed by atoms with Crippen LogP contribution in [0.3, 0.4) is 0 Å². The number of aromatic nitrogens is 4. The van der Waals surface area contributed by atoms with E-state index in [4.69, 9.17) is 4.74 Å². The van der Waals surface area contributed by atoms with Crippen molar-refractivity contribution in [3.8, 4) is 0 Å². The number of ether oxygens (including phenoxy) is 1. The Labute approximate surface area is 153 Å². The van der Waals surface area contributed by atoms with Gasteiger partial charge in [0.2, 0.25) is 0 Å². The van der Waals surface area contributed by atoms with Gasteiger partial charge in [-0.25, -0.2) is 0 Å². The van der Waals surface area contributed by atoms with Crippen LogP contribution >= 0.6 is 0 Å². The van der Waals surface area contributed by atoms with Crippen LogP contribution in [0.5, 0.6) is 0 Å². The van der Waals surface area contributed by atoms with Gasteiger partial charge in [-0.2, -0.15) is 5.10 Å². The van der Waals surface area contributed by atoms with Gasteiger partial charge < -0.3 is 4.74 Å². The summed E-state index contributed by atoms with van der Waals surface area (Å²) >= 11 is 0. The summed E-state index contributed by atoms with van der Waals surface area (Å²) in [4.78, 5) is 11.0. The van der Waals surface area contributed by atoms with Crippen molar-refractivity contribution < 1.29 is 4.74 Å². The molecule has 0 aliphatic carbocycles. The Morgan fingerprint density at radius 2 is 2.04 bits per heavy atom. The van der Waals surface area contributed by atoms with Crippen LogP contribution < -0.4 is 0 Å². The molecule has 4 rings (SSSR count). The lowest BCUT2D eigenvalue weighted by Gasteiger charge is -2.23. The van der Waals surface area contributed by atoms with Crippen LogP contribution in [0.4, 0.5) is 0 Å². The van der Waals surface area contributed by atoms with Crippen molar-refractivity contribution in [3.63, 3.8) is 0 Å². The molecule has 0 amide bonds. The third-order valence-corrected chi connectivity index (χ3v) is 4.60. The van der Waals surface area contributed by atoms with Gasteiger partial charge in [-0.3, -0.25) is 19.5 Å². The molecule has 0 aromatic carbocycles. The van der Waals surface area contributed by atoms with E-state index in [1.165, 1.54) is 11.3 Å². The summed E-state index contributed by atoms with van der Waals surface area (Å²) in [5.74, 6) is 0.386. The first-order valence-electron chi connectivity index (χ1n) is 8.96. The second-order valence-electron chi connectivity index (χ2n) is 6.74. The third-order valence-electron chi connectivity index (χ3n) is 4.60. The molecule has 4 heterocycles. The molecule has 26 heavy (non-hydrogen) atoms. The van der Waals surface area contributed by atoms with Crippen LogP contribution in [0.25, 0.3) is 0 Å². The normalized spacial score (nSPS) is 17.6. The highest BCUT2D eigenvalue weighted by Crippen LogP contribution is 2.18. The van der Waals surface area contributed by atoms with Gasteiger partial charge in [0.25, 0.3) is 0 Å². The molecule has 0 saturated heterocycles. The lowest BCUT2D eigenvalue weighted by atomic mass is 10.1. The first kappa shape index (κ1) is 16.9. The van der Waals surface area contributed by atoms with E-state index in [0.29, 0.717) is 19.1 Å². The highest BCUT2D eigenvalue weighted by molar-refractivity contribution is 5.10. The van der Waals surface area contributed by atoms with Gasteiger partial charge >= 0.3 is 0 Å². The van der Waals surface area contributed by atoms with E-state index < -0.39 is 0 Å². The molecule has 6 heteroatoms. The zero-order valence-electron chi connectivity index (χ0n) is 14.7. The number of pyridine rings is 2. The van der Waals surface area contributed by atoms with Gasteiger partial charge in [0.15, 0.2) is 0 Å². The van der Waals surface area contributed by atoms with E-state index in [9.17, 15) is 0 Å². The van der Waals surface area contributed by atoms with Crippen molar-refractivity contribution in [3.05, 3.63) is 78.1 Å². The molecule has 0 unspecified atom stereocenters. The van der Waals surface area contributed by atoms with Crippen LogP contribution in [0, 0.1) is 5.92 Å². The van der Waals surface area contributed by atoms with Crippen LogP contribution in [0.1, 0.15) is 17.0 Å². The van der Waals surface area contributed by atoms with E-state index in [2.05, 4.69) is 36.8 Å². The van der Waals surface area contributed by atoms with Crippen LogP contribution in [0.2, 0.25) is 0 Å². The Morgan fingerprint density at radius 1 is 1.04 bits per heavy atom. The van der Waals surface area contributed by atoms with Crippen molar-refractivity contribution >= 4 is 0 Å². The van der Waals surface area contributed by atoms with Gasteiger partial charge in [-0.15, -0.1) is 0 Å². The van der Waals surface area contributed by atoms with Crippen LogP contribution in [-0.4, -0.2) is 37.8 Å². The minimum Gasteiger partial charge on any atom is -0.375 e. The maximum absolute atomic E-state index is 5.96. The highest BCUT2D eigenvalue weighted by Gasteiger charge is 2.22. The molecule has 1 aliphatic heterocycles. The summed E-state index contributed by atoms with van der Waals surface area (Å²) in [5, 5.41) is 4.48. The quantitative estimate of drug-likeness (QED) is 0.684. The molecule has 0 N–H and O–H groups in total. The van der Waals surface area contributed by atoms with Gasteiger partial charge in [0, 0.05) is 56.9 Å². The van der Waals surface area contributed by atoms with Gasteiger partial charge in [0.1, 0.15) is 0 Å². The van der Waals surface area contributed by atoms with Crippen molar-refractivity contribution in [1.29, 1.82) is 0 Å². The highest BCUT2D eigenvalue weighted by atomic mass is 16.5. The molecule has 0 fully saturated rings. The average Bonchev–Trinajstić information content (AvgIpc) is 3.03. The molecule has 0 saturated carbocycles. The van der Waals surface area contributed by atoms with Gasteiger partial charge in [-0.1, -0.05) is 12.1 Å². The zero-order valence-corrected chi connectivity index (χ0v) is 14.7. The molecule has 0 spiro atoms. The summed E-state index contributed by atoms with van der Waals surface area (Å²) in [5.41, 5.74) is 3.45. The van der Waals surface area contributed by atoms with Crippen molar-refractivity contribution in [1.82, 2.24) is 24.6 Å². The fraction of sp³-hybridized carbons (Fsp3) is 0.350. The number of fused-ring (bicyclic) bond motifs is 1. The van der Waals surface area contributed by atoms with Crippen molar-refractivity contribution in [2.75, 3.05) is 13.2 Å². The fourth-order valence-electron chi connectivity index (χ4n) is 3.41. The van der Waals surface area contributed by atoms with E-state index in [1.54, 1.807) is 6.20 Å². The molecular formula is C20H23N5O. The van der Waals surface area contributed by atoms with E-state index >= 15 is 0 Å². The first-order chi connectivity index (χ1) is 12.9. The summed E-state index contributed by atoms with van der Waals surface area (Å²) in [6.07, 6.45) is 7.44. The van der Waals surface area contributed by atoms with E-state index in [-0.39, 0.29) is 0 Å². The van der Waals surface area contributed by atoms with E-state index in [1.807, 2.05) is 42.9 Å². The van der Waals surface area contributed by atoms with Gasteiger partial charge in [0.05, 0.1) is 24.6 Å². The zero-order chi connectivity index (χ0) is 17.6. The lowest BCUT2D eigenvalue weighted by molar-refractivity contribution is 0.0640. The maximum Gasteiger partial charge on any atom is 0.0887 e. The predicted molar refractivity (Wildman–Crippen MR) is 98.0 cm³/mol. The smallest absolute Gasteiger partial charge is 0.0887 e. The Morgan fingerprint density at radius 3 is 2.88 bits per heavy atom. The summed E-state index contributed by atoms with van der Waals surface area (Å²) in [6.45, 7) is 4.88. The molecule has 6 nitrogen and oxygen atoms in total. The van der Waals surface area contributed by atoms with Crippen LogP contribution in [-0.2, 0) is 31.0 Å². The minimum atomic E-state index is 0.386. The topological polar surface area (TPSA) is 56.1 Å². The summed E-state index contributed by atoms with van der Waals surface area (Å²) in [7, 11) is 0. The summed E-state index contributed by atoms with van der Waals surface area (Å²) in [6, 6.07) is 12.1. The number of rotatable bonds is 6. The van der Waals surface area contributed by atoms with Gasteiger partial charge in [-0.05, 0) is 29.8 Å². The molecular weight excluding hydrogens is 326 g/mol. The Balaban J connectivity index is 1.40. The fourth-order valence-corrected chi connectivity index (χ4v) is 3.41. The number of hydrogen-bond donors (Lipinski definition) is 0. The van der Waals surface area contributed by atoms with Crippen molar-refractivity contribution in [2.24, 2.45) is 5.92 Å². The monoisotopic (exact) mass is 349 g/mol. The minimum absolute atomic E-state index is 0.386. The Hall–Kier alpha value is -2.57. The molecule has 1 atom stereocenters. The Kier molecular flexibility index (Phi) is 5.33. The van der Waals surface area contributed by atoms with E-state index in [0.717, 1.165) is 31.9 Å². The first-order valence-corrected chi connectivity index (χ1v) is 8.96. The molecule has 0 bridgehead atoms. The third kappa shape index (κ3) is 4.33. The molecule has 3 aromatic rings. The second kappa shape index (κ2) is 8.21. The second-order valence-corrected chi connectivity index (χ2v) is 6.74. The average molecular weight is 349 g/mol. The predicted octanol–water partition coefficient (Wildman–Crippen LogP) is 2.52. The molecule has 0 radical (unpaired) electrons. The SMILES string of the molecule is c1ccc(COC[C@@H]2CN(Cc3cccnc3)Cc3ccnn3C2)nc1.